The van der Waals surface area contributed by atoms with Gasteiger partial charge >= 0.3 is 12.0 Å². The Morgan fingerprint density at radius 1 is 1.07 bits per heavy atom. The molecule has 2 N–H and O–H groups in total. The van der Waals surface area contributed by atoms with Gasteiger partial charge in [0.25, 0.3) is 0 Å². The first kappa shape index (κ1) is 20.8. The number of carboxylic acid groups (broad SMARTS) is 1. The van der Waals surface area contributed by atoms with Gasteiger partial charge in [-0.15, -0.1) is 0 Å². The summed E-state index contributed by atoms with van der Waals surface area (Å²) >= 11 is 0. The lowest BCUT2D eigenvalue weighted by Gasteiger charge is -2.44. The summed E-state index contributed by atoms with van der Waals surface area (Å²) in [5.74, 6) is -1.25. The molecule has 2 atom stereocenters. The van der Waals surface area contributed by atoms with Crippen LogP contribution in [0.15, 0.2) is 48.5 Å². The molecule has 0 saturated carbocycles. The van der Waals surface area contributed by atoms with Gasteiger partial charge in [-0.05, 0) is 49.2 Å². The van der Waals surface area contributed by atoms with Gasteiger partial charge in [-0.1, -0.05) is 24.3 Å². The van der Waals surface area contributed by atoms with Crippen molar-refractivity contribution in [2.24, 2.45) is 0 Å². The number of carboxylic acids is 1. The van der Waals surface area contributed by atoms with Crippen molar-refractivity contribution in [3.63, 3.8) is 0 Å². The quantitative estimate of drug-likeness (QED) is 0.809. The Bertz CT molecular complexity index is 860. The highest BCUT2D eigenvalue weighted by atomic mass is 19.1. The number of halogens is 1. The summed E-state index contributed by atoms with van der Waals surface area (Å²) in [6.07, 6.45) is 0. The number of hydrogen-bond donors (Lipinski definition) is 2. The second-order valence-electron chi connectivity index (χ2n) is 7.57. The number of piperazine rings is 1. The van der Waals surface area contributed by atoms with E-state index in [-0.39, 0.29) is 36.0 Å². The first-order chi connectivity index (χ1) is 13.8. The highest BCUT2D eigenvalue weighted by Gasteiger charge is 2.31. The predicted molar refractivity (Wildman–Crippen MR) is 108 cm³/mol. The Kier molecular flexibility index (Phi) is 6.49. The maximum Gasteiger partial charge on any atom is 0.335 e. The van der Waals surface area contributed by atoms with E-state index in [1.54, 1.807) is 29.2 Å². The fraction of sp³-hybridized carbons (Fsp3) is 0.364. The summed E-state index contributed by atoms with van der Waals surface area (Å²) in [5, 5.41) is 11.9. The molecule has 1 saturated heterocycles. The molecule has 1 aliphatic rings. The van der Waals surface area contributed by atoms with E-state index in [1.807, 2.05) is 12.1 Å². The van der Waals surface area contributed by atoms with E-state index in [4.69, 9.17) is 5.11 Å². The van der Waals surface area contributed by atoms with E-state index in [0.29, 0.717) is 19.6 Å². The van der Waals surface area contributed by atoms with Crippen LogP contribution in [0, 0.1) is 5.82 Å². The molecule has 6 nitrogen and oxygen atoms in total. The van der Waals surface area contributed by atoms with E-state index in [2.05, 4.69) is 24.1 Å². The van der Waals surface area contributed by atoms with E-state index < -0.39 is 5.97 Å². The van der Waals surface area contributed by atoms with Crippen molar-refractivity contribution in [3.05, 3.63) is 71.0 Å². The maximum absolute atomic E-state index is 13.3. The number of hydrogen-bond acceptors (Lipinski definition) is 3. The van der Waals surface area contributed by atoms with Crippen LogP contribution in [0.2, 0.25) is 0 Å². The molecule has 3 rings (SSSR count). The van der Waals surface area contributed by atoms with Crippen molar-refractivity contribution in [2.45, 2.75) is 39.0 Å². The zero-order valence-electron chi connectivity index (χ0n) is 16.6. The second-order valence-corrected chi connectivity index (χ2v) is 7.57. The molecule has 7 heteroatoms. The van der Waals surface area contributed by atoms with Crippen LogP contribution in [0.4, 0.5) is 9.18 Å². The van der Waals surface area contributed by atoms with Gasteiger partial charge in [0.1, 0.15) is 5.82 Å². The summed E-state index contributed by atoms with van der Waals surface area (Å²) in [6, 6.07) is 13.2. The smallest absolute Gasteiger partial charge is 0.335 e. The molecule has 0 bridgehead atoms. The molecule has 29 heavy (non-hydrogen) atoms. The van der Waals surface area contributed by atoms with Crippen molar-refractivity contribution in [1.82, 2.24) is 15.1 Å². The topological polar surface area (TPSA) is 72.9 Å². The fourth-order valence-corrected chi connectivity index (χ4v) is 3.73. The van der Waals surface area contributed by atoms with Gasteiger partial charge in [-0.2, -0.15) is 0 Å². The zero-order valence-corrected chi connectivity index (χ0v) is 16.6. The normalized spacial score (nSPS) is 19.8. The third kappa shape index (κ3) is 5.32. The molecule has 0 aliphatic carbocycles. The Labute approximate surface area is 169 Å². The van der Waals surface area contributed by atoms with E-state index >= 15 is 0 Å². The third-order valence-corrected chi connectivity index (χ3v) is 5.29. The summed E-state index contributed by atoms with van der Waals surface area (Å²) in [4.78, 5) is 27.7. The van der Waals surface area contributed by atoms with E-state index in [9.17, 15) is 14.0 Å². The number of carbonyl (C=O) groups excluding carboxylic acids is 1. The lowest BCUT2D eigenvalue weighted by atomic mass is 10.1. The Morgan fingerprint density at radius 3 is 2.31 bits per heavy atom. The highest BCUT2D eigenvalue weighted by molar-refractivity contribution is 5.87. The minimum Gasteiger partial charge on any atom is -0.478 e. The third-order valence-electron chi connectivity index (χ3n) is 5.29. The van der Waals surface area contributed by atoms with Gasteiger partial charge in [0.05, 0.1) is 5.56 Å². The molecule has 2 aromatic rings. The van der Waals surface area contributed by atoms with Gasteiger partial charge in [0.15, 0.2) is 0 Å². The summed E-state index contributed by atoms with van der Waals surface area (Å²) in [5.41, 5.74) is 2.04. The number of benzene rings is 2. The van der Waals surface area contributed by atoms with Crippen molar-refractivity contribution in [2.75, 3.05) is 13.1 Å². The van der Waals surface area contributed by atoms with Gasteiger partial charge in [-0.25, -0.2) is 14.0 Å². The second kappa shape index (κ2) is 9.05. The molecular formula is C22H26FN3O3. The first-order valence-electron chi connectivity index (χ1n) is 9.68. The van der Waals surface area contributed by atoms with Crippen LogP contribution in [0.25, 0.3) is 0 Å². The number of nitrogens with one attached hydrogen (secondary N) is 1. The van der Waals surface area contributed by atoms with Gasteiger partial charge in [0, 0.05) is 38.3 Å². The Balaban J connectivity index is 1.56. The molecule has 0 aromatic heterocycles. The SMILES string of the molecule is C[C@@H]1CN(C(=O)NCc2cccc(F)c2)C[C@H](C)N1Cc1ccc(C(=O)O)cc1. The highest BCUT2D eigenvalue weighted by Crippen LogP contribution is 2.19. The summed E-state index contributed by atoms with van der Waals surface area (Å²) < 4.78 is 13.3. The van der Waals surface area contributed by atoms with Crippen molar-refractivity contribution in [1.29, 1.82) is 0 Å². The largest absolute Gasteiger partial charge is 0.478 e. The minimum absolute atomic E-state index is 0.151. The molecular weight excluding hydrogens is 373 g/mol. The van der Waals surface area contributed by atoms with E-state index in [1.165, 1.54) is 12.1 Å². The fourth-order valence-electron chi connectivity index (χ4n) is 3.73. The van der Waals surface area contributed by atoms with Crippen molar-refractivity contribution < 1.29 is 19.1 Å². The average molecular weight is 399 g/mol. The average Bonchev–Trinajstić information content (AvgIpc) is 2.69. The minimum atomic E-state index is -0.934. The van der Waals surface area contributed by atoms with Crippen LogP contribution in [-0.4, -0.2) is 52.1 Å². The number of aromatic carboxylic acids is 1. The van der Waals surface area contributed by atoms with Crippen molar-refractivity contribution in [3.8, 4) is 0 Å². The zero-order chi connectivity index (χ0) is 21.0. The molecule has 1 aliphatic heterocycles. The number of amides is 2. The number of urea groups is 1. The monoisotopic (exact) mass is 399 g/mol. The molecule has 1 fully saturated rings. The van der Waals surface area contributed by atoms with Gasteiger partial charge in [-0.3, -0.25) is 4.90 Å². The molecule has 0 radical (unpaired) electrons. The Hall–Kier alpha value is -2.93. The Morgan fingerprint density at radius 2 is 1.72 bits per heavy atom. The maximum atomic E-state index is 13.3. The van der Waals surface area contributed by atoms with Crippen LogP contribution in [0.3, 0.4) is 0 Å². The van der Waals surface area contributed by atoms with E-state index in [0.717, 1.165) is 11.1 Å². The number of carbonyl (C=O) groups is 2. The lowest BCUT2D eigenvalue weighted by molar-refractivity contribution is 0.0491. The van der Waals surface area contributed by atoms with Crippen LogP contribution in [0.1, 0.15) is 35.3 Å². The predicted octanol–water partition coefficient (Wildman–Crippen LogP) is 3.33. The van der Waals surface area contributed by atoms with Crippen LogP contribution < -0.4 is 5.32 Å². The number of nitrogens with zero attached hydrogens (tertiary/aromatic N) is 2. The lowest BCUT2D eigenvalue weighted by Crippen LogP contribution is -2.59. The number of rotatable bonds is 5. The molecule has 0 unspecified atom stereocenters. The molecule has 154 valence electrons. The van der Waals surface area contributed by atoms with Crippen LogP contribution in [0.5, 0.6) is 0 Å². The summed E-state index contributed by atoms with van der Waals surface area (Å²) in [6.45, 7) is 6.32. The van der Waals surface area contributed by atoms with Crippen molar-refractivity contribution >= 4 is 12.0 Å². The van der Waals surface area contributed by atoms with Crippen LogP contribution >= 0.6 is 0 Å². The molecule has 1 heterocycles. The molecule has 2 amide bonds. The molecule has 0 spiro atoms. The standard InChI is InChI=1S/C22H26FN3O3/c1-15-12-25(22(29)24-11-18-4-3-5-20(23)10-18)13-16(2)26(15)14-17-6-8-19(9-7-17)21(27)28/h3-10,15-16H,11-14H2,1-2H3,(H,24,29)(H,27,28)/t15-,16+. The summed E-state index contributed by atoms with van der Waals surface area (Å²) in [7, 11) is 0. The van der Waals surface area contributed by atoms with Gasteiger partial charge < -0.3 is 15.3 Å². The molecule has 2 aromatic carbocycles. The van der Waals surface area contributed by atoms with Gasteiger partial charge in [0.2, 0.25) is 0 Å². The van der Waals surface area contributed by atoms with Crippen LogP contribution in [-0.2, 0) is 13.1 Å². The first-order valence-corrected chi connectivity index (χ1v) is 9.68.